The van der Waals surface area contributed by atoms with Gasteiger partial charge in [-0.3, -0.25) is 4.79 Å². The average Bonchev–Trinajstić information content (AvgIpc) is 2.40. The van der Waals surface area contributed by atoms with Crippen LogP contribution in [0.3, 0.4) is 0 Å². The van der Waals surface area contributed by atoms with Gasteiger partial charge in [0.05, 0.1) is 18.8 Å². The van der Waals surface area contributed by atoms with Gasteiger partial charge in [0.2, 0.25) is 0 Å². The number of hydrogen-bond donors (Lipinski definition) is 2. The van der Waals surface area contributed by atoms with Crippen molar-refractivity contribution in [3.63, 3.8) is 0 Å². The second kappa shape index (κ2) is 5.73. The van der Waals surface area contributed by atoms with Crippen molar-refractivity contribution in [1.29, 1.82) is 0 Å². The smallest absolute Gasteiger partial charge is 0.253 e. The van der Waals surface area contributed by atoms with Crippen molar-refractivity contribution in [3.8, 4) is 0 Å². The molecule has 1 aliphatic rings. The van der Waals surface area contributed by atoms with Crippen molar-refractivity contribution in [3.05, 3.63) is 23.8 Å². The van der Waals surface area contributed by atoms with E-state index < -0.39 is 0 Å². The molecule has 0 atom stereocenters. The highest BCUT2D eigenvalue weighted by Gasteiger charge is 2.15. The van der Waals surface area contributed by atoms with Crippen molar-refractivity contribution < 1.29 is 9.53 Å². The van der Waals surface area contributed by atoms with Crippen molar-refractivity contribution in [2.45, 2.75) is 6.92 Å². The van der Waals surface area contributed by atoms with Crippen LogP contribution < -0.4 is 16.0 Å². The van der Waals surface area contributed by atoms with Gasteiger partial charge in [0.1, 0.15) is 0 Å². The lowest BCUT2D eigenvalue weighted by molar-refractivity contribution is 0.0956. The molecule has 5 nitrogen and oxygen atoms in total. The Morgan fingerprint density at radius 1 is 1.44 bits per heavy atom. The van der Waals surface area contributed by atoms with E-state index in [1.54, 1.807) is 6.07 Å². The topological polar surface area (TPSA) is 67.6 Å². The summed E-state index contributed by atoms with van der Waals surface area (Å²) >= 11 is 0. The fourth-order valence-electron chi connectivity index (χ4n) is 2.01. The zero-order chi connectivity index (χ0) is 13.0. The van der Waals surface area contributed by atoms with Crippen LogP contribution in [0.4, 0.5) is 11.4 Å². The third kappa shape index (κ3) is 2.73. The number of anilines is 2. The molecule has 0 radical (unpaired) electrons. The van der Waals surface area contributed by atoms with E-state index in [1.807, 2.05) is 19.1 Å². The summed E-state index contributed by atoms with van der Waals surface area (Å²) in [4.78, 5) is 14.1. The van der Waals surface area contributed by atoms with E-state index >= 15 is 0 Å². The summed E-state index contributed by atoms with van der Waals surface area (Å²) in [5.74, 6) is -0.120. The van der Waals surface area contributed by atoms with E-state index in [0.717, 1.165) is 32.0 Å². The van der Waals surface area contributed by atoms with E-state index in [1.165, 1.54) is 0 Å². The summed E-state index contributed by atoms with van der Waals surface area (Å²) in [6, 6.07) is 5.59. The summed E-state index contributed by atoms with van der Waals surface area (Å²) in [5, 5.41) is 2.77. The number of ether oxygens (including phenoxy) is 1. The van der Waals surface area contributed by atoms with Gasteiger partial charge >= 0.3 is 0 Å². The van der Waals surface area contributed by atoms with E-state index in [0.29, 0.717) is 17.8 Å². The Labute approximate surface area is 107 Å². The molecule has 0 unspecified atom stereocenters. The molecule has 1 fully saturated rings. The molecule has 0 bridgehead atoms. The molecule has 1 aromatic rings. The van der Waals surface area contributed by atoms with Crippen LogP contribution in [0, 0.1) is 0 Å². The number of rotatable bonds is 3. The first-order valence-electron chi connectivity index (χ1n) is 6.22. The Bertz CT molecular complexity index is 428. The Balaban J connectivity index is 2.22. The lowest BCUT2D eigenvalue weighted by Crippen LogP contribution is -2.36. The van der Waals surface area contributed by atoms with Gasteiger partial charge in [-0.2, -0.15) is 0 Å². The van der Waals surface area contributed by atoms with Gasteiger partial charge in [0, 0.05) is 31.0 Å². The standard InChI is InChI=1S/C13H19N3O2/c1-2-15-13(17)11-9-10(3-4-12(11)14)16-5-7-18-8-6-16/h3-4,9H,2,5-8,14H2,1H3,(H,15,17). The highest BCUT2D eigenvalue weighted by molar-refractivity contribution is 6.00. The second-order valence-corrected chi connectivity index (χ2v) is 4.23. The summed E-state index contributed by atoms with van der Waals surface area (Å²) in [5.41, 5.74) is 7.92. The first-order chi connectivity index (χ1) is 8.72. The number of benzene rings is 1. The number of hydrogen-bond acceptors (Lipinski definition) is 4. The minimum Gasteiger partial charge on any atom is -0.398 e. The minimum atomic E-state index is -0.120. The molecule has 0 spiro atoms. The number of nitrogen functional groups attached to an aromatic ring is 1. The monoisotopic (exact) mass is 249 g/mol. The van der Waals surface area contributed by atoms with E-state index in [4.69, 9.17) is 10.5 Å². The van der Waals surface area contributed by atoms with E-state index in [-0.39, 0.29) is 5.91 Å². The number of amides is 1. The quantitative estimate of drug-likeness (QED) is 0.779. The normalized spacial score (nSPS) is 15.5. The van der Waals surface area contributed by atoms with Gasteiger partial charge in [-0.25, -0.2) is 0 Å². The molecule has 1 aliphatic heterocycles. The molecule has 18 heavy (non-hydrogen) atoms. The van der Waals surface area contributed by atoms with Crippen LogP contribution in [0.5, 0.6) is 0 Å². The van der Waals surface area contributed by atoms with Crippen LogP contribution in [0.1, 0.15) is 17.3 Å². The van der Waals surface area contributed by atoms with Gasteiger partial charge < -0.3 is 20.7 Å². The molecule has 5 heteroatoms. The Morgan fingerprint density at radius 3 is 2.83 bits per heavy atom. The minimum absolute atomic E-state index is 0.120. The van der Waals surface area contributed by atoms with Crippen LogP contribution in [0.15, 0.2) is 18.2 Å². The van der Waals surface area contributed by atoms with E-state index in [2.05, 4.69) is 10.2 Å². The number of nitrogens with zero attached hydrogens (tertiary/aromatic N) is 1. The summed E-state index contributed by atoms with van der Waals surface area (Å²) in [6.07, 6.45) is 0. The zero-order valence-electron chi connectivity index (χ0n) is 10.6. The number of nitrogens with one attached hydrogen (secondary N) is 1. The first-order valence-corrected chi connectivity index (χ1v) is 6.22. The lowest BCUT2D eigenvalue weighted by atomic mass is 10.1. The molecule has 1 aromatic carbocycles. The van der Waals surface area contributed by atoms with Gasteiger partial charge in [-0.1, -0.05) is 0 Å². The first kappa shape index (κ1) is 12.7. The molecular formula is C13H19N3O2. The average molecular weight is 249 g/mol. The fourth-order valence-corrected chi connectivity index (χ4v) is 2.01. The maximum Gasteiger partial charge on any atom is 0.253 e. The van der Waals surface area contributed by atoms with Gasteiger partial charge in [0.15, 0.2) is 0 Å². The van der Waals surface area contributed by atoms with Gasteiger partial charge in [-0.15, -0.1) is 0 Å². The number of carbonyl (C=O) groups is 1. The molecule has 1 saturated heterocycles. The van der Waals surface area contributed by atoms with Crippen LogP contribution in [0.25, 0.3) is 0 Å². The maximum atomic E-state index is 11.9. The number of morpholine rings is 1. The highest BCUT2D eigenvalue weighted by atomic mass is 16.5. The second-order valence-electron chi connectivity index (χ2n) is 4.23. The SMILES string of the molecule is CCNC(=O)c1cc(N2CCOCC2)ccc1N. The third-order valence-corrected chi connectivity index (χ3v) is 3.00. The number of nitrogens with two attached hydrogens (primary N) is 1. The molecule has 0 aliphatic carbocycles. The predicted octanol–water partition coefficient (Wildman–Crippen LogP) is 0.855. The van der Waals surface area contributed by atoms with E-state index in [9.17, 15) is 4.79 Å². The highest BCUT2D eigenvalue weighted by Crippen LogP contribution is 2.22. The molecule has 3 N–H and O–H groups in total. The molecular weight excluding hydrogens is 230 g/mol. The molecule has 2 rings (SSSR count). The molecule has 0 aromatic heterocycles. The Kier molecular flexibility index (Phi) is 4.04. The third-order valence-electron chi connectivity index (χ3n) is 3.00. The summed E-state index contributed by atoms with van der Waals surface area (Å²) in [6.45, 7) is 5.62. The Morgan fingerprint density at radius 2 is 2.17 bits per heavy atom. The Hall–Kier alpha value is -1.75. The van der Waals surface area contributed by atoms with Crippen LogP contribution >= 0.6 is 0 Å². The molecule has 1 amide bonds. The lowest BCUT2D eigenvalue weighted by Gasteiger charge is -2.29. The summed E-state index contributed by atoms with van der Waals surface area (Å²) in [7, 11) is 0. The van der Waals surface area contributed by atoms with Crippen molar-refractivity contribution in [1.82, 2.24) is 5.32 Å². The van der Waals surface area contributed by atoms with Crippen LogP contribution in [-0.4, -0.2) is 38.8 Å². The van der Waals surface area contributed by atoms with Crippen molar-refractivity contribution >= 4 is 17.3 Å². The molecule has 1 heterocycles. The van der Waals surface area contributed by atoms with Crippen LogP contribution in [-0.2, 0) is 4.74 Å². The van der Waals surface area contributed by atoms with Crippen LogP contribution in [0.2, 0.25) is 0 Å². The molecule has 0 saturated carbocycles. The number of carbonyl (C=O) groups excluding carboxylic acids is 1. The predicted molar refractivity (Wildman–Crippen MR) is 71.9 cm³/mol. The largest absolute Gasteiger partial charge is 0.398 e. The molecule has 98 valence electrons. The van der Waals surface area contributed by atoms with Gasteiger partial charge in [0.25, 0.3) is 5.91 Å². The maximum absolute atomic E-state index is 11.9. The van der Waals surface area contributed by atoms with Crippen molar-refractivity contribution in [2.24, 2.45) is 0 Å². The zero-order valence-corrected chi connectivity index (χ0v) is 10.6. The van der Waals surface area contributed by atoms with Crippen molar-refractivity contribution in [2.75, 3.05) is 43.5 Å². The summed E-state index contributed by atoms with van der Waals surface area (Å²) < 4.78 is 5.32. The fraction of sp³-hybridized carbons (Fsp3) is 0.462. The van der Waals surface area contributed by atoms with Gasteiger partial charge in [-0.05, 0) is 25.1 Å².